The number of carbonyl (C=O) groups excluding carboxylic acids is 1. The third-order valence-electron chi connectivity index (χ3n) is 3.75. The number of benzene rings is 1. The zero-order valence-corrected chi connectivity index (χ0v) is 16.9. The number of nitrogens with zero attached hydrogens (tertiary/aromatic N) is 1. The Labute approximate surface area is 158 Å². The summed E-state index contributed by atoms with van der Waals surface area (Å²) in [6.45, 7) is 7.63. The second-order valence-electron chi connectivity index (χ2n) is 7.38. The molecule has 0 radical (unpaired) electrons. The summed E-state index contributed by atoms with van der Waals surface area (Å²) in [6.07, 6.45) is 0.548. The van der Waals surface area contributed by atoms with Gasteiger partial charge in [-0.3, -0.25) is 19.1 Å². The Morgan fingerprint density at radius 1 is 1.35 bits per heavy atom. The first-order valence-corrected chi connectivity index (χ1v) is 10.7. The molecule has 26 heavy (non-hydrogen) atoms. The zero-order chi connectivity index (χ0) is 19.5. The van der Waals surface area contributed by atoms with E-state index in [-0.39, 0.29) is 23.7 Å². The molecule has 1 aliphatic rings. The van der Waals surface area contributed by atoms with E-state index < -0.39 is 15.7 Å². The van der Waals surface area contributed by atoms with E-state index in [1.807, 2.05) is 32.4 Å². The van der Waals surface area contributed by atoms with Crippen molar-refractivity contribution >= 4 is 38.7 Å². The predicted octanol–water partition coefficient (Wildman–Crippen LogP) is 2.51. The van der Waals surface area contributed by atoms with Crippen LogP contribution in [0.2, 0.25) is 0 Å². The molecule has 1 heterocycles. The van der Waals surface area contributed by atoms with Crippen molar-refractivity contribution in [2.75, 3.05) is 10.5 Å². The summed E-state index contributed by atoms with van der Waals surface area (Å²) < 4.78 is 32.6. The lowest BCUT2D eigenvalue weighted by atomic mass is 9.94. The van der Waals surface area contributed by atoms with Crippen LogP contribution in [0.1, 0.15) is 33.3 Å². The van der Waals surface area contributed by atoms with E-state index >= 15 is 0 Å². The SMILES string of the molecule is CC1CSC([C@H](Cc2ccc(NS(=O)(=O)O)cc2)NC(=O)C(C)(C)C)=N1. The van der Waals surface area contributed by atoms with Gasteiger partial charge in [0.1, 0.15) is 0 Å². The lowest BCUT2D eigenvalue weighted by Crippen LogP contribution is -2.45. The van der Waals surface area contributed by atoms with Crippen molar-refractivity contribution in [2.45, 2.75) is 46.2 Å². The minimum Gasteiger partial charge on any atom is -0.346 e. The molecule has 0 saturated carbocycles. The van der Waals surface area contributed by atoms with E-state index in [0.717, 1.165) is 16.4 Å². The minimum atomic E-state index is -4.29. The average Bonchev–Trinajstić information content (AvgIpc) is 2.92. The molecule has 0 aliphatic carbocycles. The standard InChI is InChI=1S/C17H25N3O4S2/c1-11-10-25-15(18-11)14(19-16(21)17(2,3)4)9-12-5-7-13(8-6-12)20-26(22,23)24/h5-8,11,14,20H,9-10H2,1-4H3,(H,19,21)(H,22,23,24)/t11?,14-/m0/s1. The number of rotatable bonds is 6. The van der Waals surface area contributed by atoms with E-state index in [2.05, 4.69) is 10.3 Å². The van der Waals surface area contributed by atoms with Gasteiger partial charge in [-0.2, -0.15) is 8.42 Å². The molecule has 1 aromatic carbocycles. The van der Waals surface area contributed by atoms with Crippen molar-refractivity contribution in [1.82, 2.24) is 5.32 Å². The molecule has 1 aromatic rings. The molecule has 7 nitrogen and oxygen atoms in total. The van der Waals surface area contributed by atoms with E-state index in [1.54, 1.807) is 36.0 Å². The molecule has 1 aliphatic heterocycles. The normalized spacial score (nSPS) is 19.0. The molecular weight excluding hydrogens is 374 g/mol. The minimum absolute atomic E-state index is 0.0463. The summed E-state index contributed by atoms with van der Waals surface area (Å²) in [5.74, 6) is 0.851. The van der Waals surface area contributed by atoms with Gasteiger partial charge in [0.05, 0.1) is 22.8 Å². The molecule has 2 rings (SSSR count). The fraction of sp³-hybridized carbons (Fsp3) is 0.529. The quantitative estimate of drug-likeness (QED) is 0.637. The van der Waals surface area contributed by atoms with Crippen LogP contribution in [-0.4, -0.2) is 41.8 Å². The van der Waals surface area contributed by atoms with Gasteiger partial charge in [-0.1, -0.05) is 32.9 Å². The van der Waals surface area contributed by atoms with E-state index in [4.69, 9.17) is 4.55 Å². The number of hydrogen-bond donors (Lipinski definition) is 3. The van der Waals surface area contributed by atoms with Crippen LogP contribution < -0.4 is 10.0 Å². The van der Waals surface area contributed by atoms with Gasteiger partial charge in [0.15, 0.2) is 0 Å². The Morgan fingerprint density at radius 3 is 2.42 bits per heavy atom. The maximum atomic E-state index is 12.4. The van der Waals surface area contributed by atoms with Crippen LogP contribution in [0.15, 0.2) is 29.3 Å². The number of anilines is 1. The molecule has 0 spiro atoms. The highest BCUT2D eigenvalue weighted by Crippen LogP contribution is 2.24. The maximum absolute atomic E-state index is 12.4. The first kappa shape index (κ1) is 20.7. The third kappa shape index (κ3) is 6.30. The molecule has 2 atom stereocenters. The van der Waals surface area contributed by atoms with Gasteiger partial charge >= 0.3 is 10.3 Å². The Hall–Kier alpha value is -1.58. The summed E-state index contributed by atoms with van der Waals surface area (Å²) in [5.41, 5.74) is 0.692. The van der Waals surface area contributed by atoms with Crippen LogP contribution in [0.4, 0.5) is 5.69 Å². The van der Waals surface area contributed by atoms with Crippen LogP contribution >= 0.6 is 11.8 Å². The maximum Gasteiger partial charge on any atom is 0.357 e. The summed E-state index contributed by atoms with van der Waals surface area (Å²) in [5, 5.41) is 3.99. The topological polar surface area (TPSA) is 108 Å². The van der Waals surface area contributed by atoms with Crippen molar-refractivity contribution < 1.29 is 17.8 Å². The number of aliphatic imine (C=N–C) groups is 1. The van der Waals surface area contributed by atoms with Crippen LogP contribution in [0.3, 0.4) is 0 Å². The number of amides is 1. The smallest absolute Gasteiger partial charge is 0.346 e. The van der Waals surface area contributed by atoms with Crippen molar-refractivity contribution in [3.05, 3.63) is 29.8 Å². The molecule has 0 fully saturated rings. The summed E-state index contributed by atoms with van der Waals surface area (Å²) in [6, 6.07) is 6.65. The predicted molar refractivity (Wildman–Crippen MR) is 106 cm³/mol. The fourth-order valence-corrected chi connectivity index (χ4v) is 3.87. The Kier molecular flexibility index (Phi) is 6.36. The highest BCUT2D eigenvalue weighted by molar-refractivity contribution is 8.14. The lowest BCUT2D eigenvalue weighted by Gasteiger charge is -2.24. The first-order chi connectivity index (χ1) is 11.9. The van der Waals surface area contributed by atoms with Gasteiger partial charge in [-0.15, -0.1) is 11.8 Å². The Morgan fingerprint density at radius 2 is 1.96 bits per heavy atom. The molecule has 0 bridgehead atoms. The fourth-order valence-electron chi connectivity index (χ4n) is 2.36. The molecule has 3 N–H and O–H groups in total. The number of thioether (sulfide) groups is 1. The molecule has 0 aromatic heterocycles. The van der Waals surface area contributed by atoms with E-state index in [9.17, 15) is 13.2 Å². The van der Waals surface area contributed by atoms with Gasteiger partial charge < -0.3 is 5.32 Å². The molecule has 1 unspecified atom stereocenters. The van der Waals surface area contributed by atoms with Crippen LogP contribution in [0.5, 0.6) is 0 Å². The number of carbonyl (C=O) groups is 1. The molecule has 1 amide bonds. The third-order valence-corrected chi connectivity index (χ3v) is 5.57. The van der Waals surface area contributed by atoms with Crippen LogP contribution in [0, 0.1) is 5.41 Å². The van der Waals surface area contributed by atoms with E-state index in [0.29, 0.717) is 6.42 Å². The van der Waals surface area contributed by atoms with Crippen molar-refractivity contribution in [3.8, 4) is 0 Å². The Bertz CT molecular complexity index is 783. The number of nitrogens with one attached hydrogen (secondary N) is 2. The Balaban J connectivity index is 2.16. The summed E-state index contributed by atoms with van der Waals surface area (Å²) >= 11 is 1.65. The highest BCUT2D eigenvalue weighted by atomic mass is 32.2. The van der Waals surface area contributed by atoms with Gasteiger partial charge in [-0.05, 0) is 31.0 Å². The lowest BCUT2D eigenvalue weighted by molar-refractivity contribution is -0.128. The molecule has 0 saturated heterocycles. The highest BCUT2D eigenvalue weighted by Gasteiger charge is 2.29. The van der Waals surface area contributed by atoms with E-state index in [1.165, 1.54) is 0 Å². The molecular formula is C17H25N3O4S2. The molecule has 144 valence electrons. The summed E-state index contributed by atoms with van der Waals surface area (Å²) in [4.78, 5) is 17.1. The van der Waals surface area contributed by atoms with Gasteiger partial charge in [-0.25, -0.2) is 0 Å². The van der Waals surface area contributed by atoms with Crippen LogP contribution in [-0.2, 0) is 21.5 Å². The zero-order valence-electron chi connectivity index (χ0n) is 15.3. The molecule has 9 heteroatoms. The van der Waals surface area contributed by atoms with Gasteiger partial charge in [0, 0.05) is 11.2 Å². The number of hydrogen-bond acceptors (Lipinski definition) is 5. The summed E-state index contributed by atoms with van der Waals surface area (Å²) in [7, 11) is -4.29. The van der Waals surface area contributed by atoms with Gasteiger partial charge in [0.25, 0.3) is 0 Å². The van der Waals surface area contributed by atoms with Crippen molar-refractivity contribution in [2.24, 2.45) is 10.4 Å². The largest absolute Gasteiger partial charge is 0.357 e. The average molecular weight is 400 g/mol. The monoisotopic (exact) mass is 399 g/mol. The van der Waals surface area contributed by atoms with Crippen molar-refractivity contribution in [1.29, 1.82) is 0 Å². The second kappa shape index (κ2) is 7.98. The van der Waals surface area contributed by atoms with Gasteiger partial charge in [0.2, 0.25) is 5.91 Å². The second-order valence-corrected chi connectivity index (χ2v) is 9.58. The van der Waals surface area contributed by atoms with Crippen molar-refractivity contribution in [3.63, 3.8) is 0 Å². The first-order valence-electron chi connectivity index (χ1n) is 8.29. The van der Waals surface area contributed by atoms with Crippen LogP contribution in [0.25, 0.3) is 0 Å².